The fourth-order valence-electron chi connectivity index (χ4n) is 3.20. The molecule has 0 unspecified atom stereocenters. The normalized spacial score (nSPS) is 18.5. The van der Waals surface area contributed by atoms with Gasteiger partial charge in [-0.25, -0.2) is 4.79 Å². The fourth-order valence-corrected chi connectivity index (χ4v) is 3.98. The van der Waals surface area contributed by atoms with Crippen LogP contribution in [0.5, 0.6) is 0 Å². The Morgan fingerprint density at radius 3 is 3.00 bits per heavy atom. The van der Waals surface area contributed by atoms with Crippen LogP contribution in [0.3, 0.4) is 0 Å². The van der Waals surface area contributed by atoms with E-state index in [-0.39, 0.29) is 24.4 Å². The third kappa shape index (κ3) is 3.59. The van der Waals surface area contributed by atoms with Gasteiger partial charge >= 0.3 is 6.03 Å². The second kappa shape index (κ2) is 7.04. The van der Waals surface area contributed by atoms with E-state index >= 15 is 0 Å². The van der Waals surface area contributed by atoms with Crippen molar-refractivity contribution >= 4 is 23.3 Å². The molecule has 1 saturated heterocycles. The number of urea groups is 1. The standard InChI is InChI=1S/C16H21N5O2S/c1-20-10-11(9-18-20)13-4-2-6-21(13)15(22)8-12(19-16(17)23)14-5-3-7-24-14/h3,5,7,9-10,12-13H,2,4,6,8H2,1H3,(H3,17,19,23)/t12-,13-/m0/s1. The minimum atomic E-state index is -0.619. The Morgan fingerprint density at radius 1 is 1.54 bits per heavy atom. The van der Waals surface area contributed by atoms with E-state index in [4.69, 9.17) is 5.73 Å². The van der Waals surface area contributed by atoms with Gasteiger partial charge in [0.05, 0.1) is 24.7 Å². The molecule has 2 atom stereocenters. The van der Waals surface area contributed by atoms with Gasteiger partial charge in [-0.2, -0.15) is 5.10 Å². The molecule has 128 valence electrons. The number of primary amides is 1. The summed E-state index contributed by atoms with van der Waals surface area (Å²) in [4.78, 5) is 26.9. The van der Waals surface area contributed by atoms with Crippen molar-refractivity contribution in [1.29, 1.82) is 0 Å². The summed E-state index contributed by atoms with van der Waals surface area (Å²) in [6.07, 6.45) is 5.88. The Hall–Kier alpha value is -2.35. The second-order valence-electron chi connectivity index (χ2n) is 5.97. The molecule has 0 bridgehead atoms. The van der Waals surface area contributed by atoms with Crippen LogP contribution in [-0.4, -0.2) is 33.2 Å². The van der Waals surface area contributed by atoms with Gasteiger partial charge < -0.3 is 16.0 Å². The lowest BCUT2D eigenvalue weighted by Gasteiger charge is -2.26. The van der Waals surface area contributed by atoms with E-state index in [2.05, 4.69) is 10.4 Å². The zero-order valence-corrected chi connectivity index (χ0v) is 14.3. The van der Waals surface area contributed by atoms with Crippen LogP contribution in [0, 0.1) is 0 Å². The number of nitrogens with zero attached hydrogens (tertiary/aromatic N) is 3. The van der Waals surface area contributed by atoms with Crippen molar-refractivity contribution in [3.63, 3.8) is 0 Å². The zero-order chi connectivity index (χ0) is 17.1. The van der Waals surface area contributed by atoms with Gasteiger partial charge in [0.2, 0.25) is 5.91 Å². The molecule has 0 saturated carbocycles. The smallest absolute Gasteiger partial charge is 0.312 e. The molecule has 1 aliphatic rings. The number of rotatable bonds is 5. The van der Waals surface area contributed by atoms with Crippen molar-refractivity contribution in [1.82, 2.24) is 20.0 Å². The van der Waals surface area contributed by atoms with Gasteiger partial charge in [0.15, 0.2) is 0 Å². The SMILES string of the molecule is Cn1cc([C@@H]2CCCN2C(=O)C[C@H](NC(N)=O)c2cccs2)cn1. The Morgan fingerprint density at radius 2 is 2.38 bits per heavy atom. The molecule has 1 fully saturated rings. The first-order valence-electron chi connectivity index (χ1n) is 7.92. The van der Waals surface area contributed by atoms with Gasteiger partial charge in [-0.1, -0.05) is 6.07 Å². The average molecular weight is 347 g/mol. The van der Waals surface area contributed by atoms with E-state index in [0.29, 0.717) is 0 Å². The Labute approximate surface area is 144 Å². The van der Waals surface area contributed by atoms with Gasteiger partial charge in [0.25, 0.3) is 0 Å². The molecule has 2 aromatic rings. The summed E-state index contributed by atoms with van der Waals surface area (Å²) in [6, 6.07) is 2.86. The maximum absolute atomic E-state index is 12.8. The van der Waals surface area contributed by atoms with Crippen molar-refractivity contribution < 1.29 is 9.59 Å². The molecule has 0 aliphatic carbocycles. The van der Waals surface area contributed by atoms with Crippen molar-refractivity contribution in [2.75, 3.05) is 6.54 Å². The number of likely N-dealkylation sites (tertiary alicyclic amines) is 1. The van der Waals surface area contributed by atoms with Crippen LogP contribution >= 0.6 is 11.3 Å². The monoisotopic (exact) mass is 347 g/mol. The minimum Gasteiger partial charge on any atom is -0.352 e. The molecule has 3 heterocycles. The number of nitrogens with two attached hydrogens (primary N) is 1. The molecule has 0 spiro atoms. The Kier molecular flexibility index (Phi) is 4.84. The minimum absolute atomic E-state index is 0.0218. The summed E-state index contributed by atoms with van der Waals surface area (Å²) in [5, 5.41) is 8.80. The topological polar surface area (TPSA) is 93.3 Å². The van der Waals surface area contributed by atoms with Crippen molar-refractivity contribution in [2.45, 2.75) is 31.3 Å². The van der Waals surface area contributed by atoms with E-state index in [1.807, 2.05) is 41.9 Å². The highest BCUT2D eigenvalue weighted by Crippen LogP contribution is 2.33. The lowest BCUT2D eigenvalue weighted by atomic mass is 10.1. The molecule has 1 aliphatic heterocycles. The Bertz CT molecular complexity index is 712. The predicted octanol–water partition coefficient (Wildman–Crippen LogP) is 1.94. The predicted molar refractivity (Wildman–Crippen MR) is 91.3 cm³/mol. The molecule has 24 heavy (non-hydrogen) atoms. The third-order valence-corrected chi connectivity index (χ3v) is 5.25. The summed E-state index contributed by atoms with van der Waals surface area (Å²) < 4.78 is 1.75. The van der Waals surface area contributed by atoms with Crippen LogP contribution in [0.25, 0.3) is 0 Å². The largest absolute Gasteiger partial charge is 0.352 e. The molecule has 8 heteroatoms. The van der Waals surface area contributed by atoms with E-state index in [0.717, 1.165) is 29.8 Å². The number of hydrogen-bond acceptors (Lipinski definition) is 4. The fraction of sp³-hybridized carbons (Fsp3) is 0.438. The van der Waals surface area contributed by atoms with Gasteiger partial charge in [-0.15, -0.1) is 11.3 Å². The number of carbonyl (C=O) groups is 2. The molecule has 7 nitrogen and oxygen atoms in total. The molecule has 2 aromatic heterocycles. The first-order valence-corrected chi connectivity index (χ1v) is 8.80. The number of hydrogen-bond donors (Lipinski definition) is 2. The molecule has 3 rings (SSSR count). The number of thiophene rings is 1. The molecule has 0 radical (unpaired) electrons. The van der Waals surface area contributed by atoms with Crippen LogP contribution < -0.4 is 11.1 Å². The van der Waals surface area contributed by atoms with E-state index in [1.165, 1.54) is 11.3 Å². The number of carbonyl (C=O) groups excluding carboxylic acids is 2. The van der Waals surface area contributed by atoms with Crippen LogP contribution in [0.2, 0.25) is 0 Å². The molecule has 0 aromatic carbocycles. The number of amides is 3. The maximum atomic E-state index is 12.8. The number of aryl methyl sites for hydroxylation is 1. The van der Waals surface area contributed by atoms with Gasteiger partial charge in [-0.3, -0.25) is 9.48 Å². The highest BCUT2D eigenvalue weighted by Gasteiger charge is 2.32. The lowest BCUT2D eigenvalue weighted by Crippen LogP contribution is -2.38. The van der Waals surface area contributed by atoms with Crippen LogP contribution in [0.4, 0.5) is 4.79 Å². The Balaban J connectivity index is 1.73. The van der Waals surface area contributed by atoms with Crippen molar-refractivity contribution in [2.24, 2.45) is 12.8 Å². The van der Waals surface area contributed by atoms with Crippen molar-refractivity contribution in [3.8, 4) is 0 Å². The number of aromatic nitrogens is 2. The number of nitrogens with one attached hydrogen (secondary N) is 1. The first-order chi connectivity index (χ1) is 11.5. The van der Waals surface area contributed by atoms with Crippen LogP contribution in [0.1, 0.15) is 41.8 Å². The van der Waals surface area contributed by atoms with E-state index in [9.17, 15) is 9.59 Å². The van der Waals surface area contributed by atoms with E-state index < -0.39 is 6.03 Å². The van der Waals surface area contributed by atoms with Crippen molar-refractivity contribution in [3.05, 3.63) is 40.3 Å². The summed E-state index contributed by atoms with van der Waals surface area (Å²) >= 11 is 1.50. The maximum Gasteiger partial charge on any atom is 0.312 e. The lowest BCUT2D eigenvalue weighted by molar-refractivity contribution is -0.132. The van der Waals surface area contributed by atoms with Crippen LogP contribution in [0.15, 0.2) is 29.9 Å². The van der Waals surface area contributed by atoms with Gasteiger partial charge in [0.1, 0.15) is 0 Å². The molecule has 3 N–H and O–H groups in total. The third-order valence-electron chi connectivity index (χ3n) is 4.26. The van der Waals surface area contributed by atoms with Crippen LogP contribution in [-0.2, 0) is 11.8 Å². The average Bonchev–Trinajstić information content (AvgIpc) is 3.27. The van der Waals surface area contributed by atoms with Gasteiger partial charge in [0, 0.05) is 30.2 Å². The molecular weight excluding hydrogens is 326 g/mol. The summed E-state index contributed by atoms with van der Waals surface area (Å²) in [6.45, 7) is 0.728. The molecular formula is C16H21N5O2S. The summed E-state index contributed by atoms with van der Waals surface area (Å²) in [7, 11) is 1.87. The quantitative estimate of drug-likeness (QED) is 0.865. The van der Waals surface area contributed by atoms with Gasteiger partial charge in [-0.05, 0) is 24.3 Å². The second-order valence-corrected chi connectivity index (χ2v) is 6.95. The highest BCUT2D eigenvalue weighted by atomic mass is 32.1. The highest BCUT2D eigenvalue weighted by molar-refractivity contribution is 7.10. The zero-order valence-electron chi connectivity index (χ0n) is 13.5. The molecule has 3 amide bonds. The summed E-state index contributed by atoms with van der Waals surface area (Å²) in [5.41, 5.74) is 6.32. The first kappa shape index (κ1) is 16.5. The summed E-state index contributed by atoms with van der Waals surface area (Å²) in [5.74, 6) is 0.0218. The van der Waals surface area contributed by atoms with E-state index in [1.54, 1.807) is 4.68 Å².